The maximum absolute atomic E-state index is 5.63. The van der Waals surface area contributed by atoms with Crippen LogP contribution in [0.15, 0.2) is 29.3 Å². The van der Waals surface area contributed by atoms with Crippen LogP contribution in [-0.4, -0.2) is 56.8 Å². The van der Waals surface area contributed by atoms with Gasteiger partial charge in [-0.25, -0.2) is 0 Å². The lowest BCUT2D eigenvalue weighted by Gasteiger charge is -2.28. The molecule has 1 aromatic rings. The zero-order chi connectivity index (χ0) is 16.6. The minimum Gasteiger partial charge on any atom is -0.376 e. The molecule has 0 aliphatic carbocycles. The van der Waals surface area contributed by atoms with Crippen molar-refractivity contribution >= 4 is 5.96 Å². The largest absolute Gasteiger partial charge is 0.376 e. The summed E-state index contributed by atoms with van der Waals surface area (Å²) >= 11 is 0. The second-order valence-corrected chi connectivity index (χ2v) is 6.66. The first kappa shape index (κ1) is 17.2. The molecule has 2 N–H and O–H groups in total. The predicted octanol–water partition coefficient (Wildman–Crippen LogP) is 1.78. The van der Waals surface area contributed by atoms with E-state index in [-0.39, 0.29) is 0 Å². The van der Waals surface area contributed by atoms with E-state index in [1.54, 1.807) is 0 Å². The van der Waals surface area contributed by atoms with Crippen LogP contribution < -0.4 is 10.6 Å². The van der Waals surface area contributed by atoms with Crippen molar-refractivity contribution in [3.8, 4) is 0 Å². The van der Waals surface area contributed by atoms with Gasteiger partial charge in [-0.05, 0) is 36.8 Å². The van der Waals surface area contributed by atoms with Gasteiger partial charge in [0.1, 0.15) is 0 Å². The van der Waals surface area contributed by atoms with Crippen LogP contribution in [-0.2, 0) is 17.7 Å². The normalized spacial score (nSPS) is 21.5. The molecule has 2 aliphatic heterocycles. The molecule has 1 saturated heterocycles. The van der Waals surface area contributed by atoms with Gasteiger partial charge in [0, 0.05) is 46.4 Å². The van der Waals surface area contributed by atoms with Crippen molar-refractivity contribution in [1.82, 2.24) is 15.5 Å². The highest BCUT2D eigenvalue weighted by Crippen LogP contribution is 2.18. The molecule has 0 radical (unpaired) electrons. The van der Waals surface area contributed by atoms with E-state index in [1.165, 1.54) is 30.5 Å². The highest BCUT2D eigenvalue weighted by atomic mass is 16.5. The standard InChI is InChI=1S/C19H30N4O/c1-20-19(22-14-18-8-4-13-24-18)21-10-5-11-23-12-9-16-6-2-3-7-17(16)15-23/h2-3,6-7,18H,4-5,8-15H2,1H3,(H2,20,21,22). The summed E-state index contributed by atoms with van der Waals surface area (Å²) in [6, 6.07) is 8.82. The molecule has 3 rings (SSSR count). The smallest absolute Gasteiger partial charge is 0.191 e. The third kappa shape index (κ3) is 4.95. The Hall–Kier alpha value is -1.59. The van der Waals surface area contributed by atoms with Gasteiger partial charge in [0.05, 0.1) is 6.10 Å². The Morgan fingerprint density at radius 3 is 2.96 bits per heavy atom. The van der Waals surface area contributed by atoms with Gasteiger partial charge in [-0.1, -0.05) is 24.3 Å². The van der Waals surface area contributed by atoms with E-state index in [1.807, 2.05) is 7.05 Å². The molecular formula is C19H30N4O. The van der Waals surface area contributed by atoms with Crippen LogP contribution in [0.5, 0.6) is 0 Å². The Morgan fingerprint density at radius 1 is 1.29 bits per heavy atom. The molecule has 0 amide bonds. The van der Waals surface area contributed by atoms with Crippen LogP contribution in [0.2, 0.25) is 0 Å². The van der Waals surface area contributed by atoms with Gasteiger partial charge in [-0.15, -0.1) is 0 Å². The molecule has 2 heterocycles. The topological polar surface area (TPSA) is 48.9 Å². The van der Waals surface area contributed by atoms with Crippen molar-refractivity contribution in [1.29, 1.82) is 0 Å². The van der Waals surface area contributed by atoms with Crippen molar-refractivity contribution in [3.05, 3.63) is 35.4 Å². The summed E-state index contributed by atoms with van der Waals surface area (Å²) in [7, 11) is 1.83. The third-order valence-corrected chi connectivity index (χ3v) is 4.90. The van der Waals surface area contributed by atoms with Crippen LogP contribution >= 0.6 is 0 Å². The highest BCUT2D eigenvalue weighted by Gasteiger charge is 2.16. The van der Waals surface area contributed by atoms with Gasteiger partial charge in [0.15, 0.2) is 5.96 Å². The molecule has 0 aromatic heterocycles. The number of ether oxygens (including phenoxy) is 1. The highest BCUT2D eigenvalue weighted by molar-refractivity contribution is 5.79. The quantitative estimate of drug-likeness (QED) is 0.474. The van der Waals surface area contributed by atoms with Crippen molar-refractivity contribution in [2.75, 3.05) is 39.8 Å². The van der Waals surface area contributed by atoms with Crippen LogP contribution in [0.1, 0.15) is 30.4 Å². The van der Waals surface area contributed by atoms with E-state index >= 15 is 0 Å². The molecule has 2 aliphatic rings. The lowest BCUT2D eigenvalue weighted by molar-refractivity contribution is 0.114. The first-order chi connectivity index (χ1) is 11.8. The molecule has 1 atom stereocenters. The molecule has 5 nitrogen and oxygen atoms in total. The average Bonchev–Trinajstić information content (AvgIpc) is 3.14. The Kier molecular flexibility index (Phi) is 6.49. The number of fused-ring (bicyclic) bond motifs is 1. The summed E-state index contributed by atoms with van der Waals surface area (Å²) in [5, 5.41) is 6.77. The summed E-state index contributed by atoms with van der Waals surface area (Å²) in [5.74, 6) is 0.884. The minimum atomic E-state index is 0.344. The molecule has 132 valence electrons. The van der Waals surface area contributed by atoms with Gasteiger partial charge in [0.2, 0.25) is 0 Å². The predicted molar refractivity (Wildman–Crippen MR) is 98.4 cm³/mol. The Balaban J connectivity index is 1.31. The minimum absolute atomic E-state index is 0.344. The van der Waals surface area contributed by atoms with Crippen molar-refractivity contribution < 1.29 is 4.74 Å². The van der Waals surface area contributed by atoms with Gasteiger partial charge in [-0.3, -0.25) is 9.89 Å². The fourth-order valence-corrected chi connectivity index (χ4v) is 3.49. The van der Waals surface area contributed by atoms with Gasteiger partial charge >= 0.3 is 0 Å². The lowest BCUT2D eigenvalue weighted by atomic mass is 10.00. The summed E-state index contributed by atoms with van der Waals surface area (Å²) in [5.41, 5.74) is 3.01. The SMILES string of the molecule is CN=C(NCCCN1CCc2ccccc2C1)NCC1CCCO1. The first-order valence-electron chi connectivity index (χ1n) is 9.20. The molecule has 1 fully saturated rings. The summed E-state index contributed by atoms with van der Waals surface area (Å²) in [6.07, 6.45) is 4.98. The van der Waals surface area contributed by atoms with Gasteiger partial charge < -0.3 is 15.4 Å². The van der Waals surface area contributed by atoms with Crippen LogP contribution in [0.4, 0.5) is 0 Å². The maximum Gasteiger partial charge on any atom is 0.191 e. The third-order valence-electron chi connectivity index (χ3n) is 4.90. The van der Waals surface area contributed by atoms with Crippen molar-refractivity contribution in [2.45, 2.75) is 38.3 Å². The first-order valence-corrected chi connectivity index (χ1v) is 9.20. The zero-order valence-electron chi connectivity index (χ0n) is 14.8. The van der Waals surface area contributed by atoms with Crippen molar-refractivity contribution in [2.24, 2.45) is 4.99 Å². The van der Waals surface area contributed by atoms with E-state index in [4.69, 9.17) is 4.74 Å². The number of nitrogens with zero attached hydrogens (tertiary/aromatic N) is 2. The Morgan fingerprint density at radius 2 is 2.17 bits per heavy atom. The fraction of sp³-hybridized carbons (Fsp3) is 0.632. The van der Waals surface area contributed by atoms with E-state index in [0.29, 0.717) is 6.10 Å². The zero-order valence-corrected chi connectivity index (χ0v) is 14.8. The Labute approximate surface area is 145 Å². The number of benzene rings is 1. The van der Waals surface area contributed by atoms with Crippen LogP contribution in [0.3, 0.4) is 0 Å². The molecule has 0 saturated carbocycles. The number of rotatable bonds is 6. The van der Waals surface area contributed by atoms with Gasteiger partial charge in [0.25, 0.3) is 0 Å². The number of hydrogen-bond acceptors (Lipinski definition) is 3. The van der Waals surface area contributed by atoms with Crippen LogP contribution in [0, 0.1) is 0 Å². The summed E-state index contributed by atoms with van der Waals surface area (Å²) in [6.45, 7) is 6.08. The van der Waals surface area contributed by atoms with E-state index < -0.39 is 0 Å². The van der Waals surface area contributed by atoms with Crippen molar-refractivity contribution in [3.63, 3.8) is 0 Å². The number of nitrogens with one attached hydrogen (secondary N) is 2. The summed E-state index contributed by atoms with van der Waals surface area (Å²) in [4.78, 5) is 6.84. The second kappa shape index (κ2) is 9.04. The van der Waals surface area contributed by atoms with E-state index in [9.17, 15) is 0 Å². The lowest BCUT2D eigenvalue weighted by Crippen LogP contribution is -2.42. The molecule has 1 unspecified atom stereocenters. The average molecular weight is 330 g/mol. The maximum atomic E-state index is 5.63. The fourth-order valence-electron chi connectivity index (χ4n) is 3.49. The summed E-state index contributed by atoms with van der Waals surface area (Å²) < 4.78 is 5.63. The van der Waals surface area contributed by atoms with E-state index in [0.717, 1.165) is 51.6 Å². The van der Waals surface area contributed by atoms with Gasteiger partial charge in [-0.2, -0.15) is 0 Å². The monoisotopic (exact) mass is 330 g/mol. The molecule has 1 aromatic carbocycles. The number of hydrogen-bond donors (Lipinski definition) is 2. The number of guanidine groups is 1. The number of aliphatic imine (C=N–C) groups is 1. The Bertz CT molecular complexity index is 540. The second-order valence-electron chi connectivity index (χ2n) is 6.66. The van der Waals surface area contributed by atoms with Crippen LogP contribution in [0.25, 0.3) is 0 Å². The van der Waals surface area contributed by atoms with E-state index in [2.05, 4.69) is 44.8 Å². The molecule has 0 bridgehead atoms. The molecule has 24 heavy (non-hydrogen) atoms. The molecular weight excluding hydrogens is 300 g/mol. The molecule has 0 spiro atoms. The molecule has 5 heteroatoms.